The van der Waals surface area contributed by atoms with Crippen molar-refractivity contribution >= 4 is 34.6 Å². The molecule has 10 nitrogen and oxygen atoms in total. The van der Waals surface area contributed by atoms with E-state index < -0.39 is 5.97 Å². The summed E-state index contributed by atoms with van der Waals surface area (Å²) in [5.41, 5.74) is 4.39. The zero-order valence-electron chi connectivity index (χ0n) is 21.9. The van der Waals surface area contributed by atoms with Crippen LogP contribution in [0.3, 0.4) is 0 Å². The standard InChI is InChI=1S/C30H28N6O4/c1-31-22-6-7-23(32-17-22)19-40-29-4-2-3-27(34-29)35-12-9-20(10-13-35)15-28-33-25-8-5-21(30(37)38)16-26(25)36(28)18-24-11-14-39-24/h2-8,15-17,24H,9-14,18-19H2,(H,37,38)/t24-/m0/s1. The lowest BCUT2D eigenvalue weighted by Gasteiger charge is -2.30. The normalized spacial score (nSPS) is 16.8. The molecule has 0 radical (unpaired) electrons. The van der Waals surface area contributed by atoms with E-state index in [4.69, 9.17) is 26.0 Å². The number of anilines is 1. The van der Waals surface area contributed by atoms with Crippen molar-refractivity contribution in [2.75, 3.05) is 24.6 Å². The number of imidazole rings is 1. The van der Waals surface area contributed by atoms with E-state index in [0.29, 0.717) is 18.1 Å². The molecule has 2 aliphatic heterocycles. The van der Waals surface area contributed by atoms with Crippen molar-refractivity contribution in [1.29, 1.82) is 0 Å². The highest BCUT2D eigenvalue weighted by Crippen LogP contribution is 2.28. The monoisotopic (exact) mass is 536 g/mol. The Morgan fingerprint density at radius 2 is 2.02 bits per heavy atom. The summed E-state index contributed by atoms with van der Waals surface area (Å²) in [6.07, 6.45) is 6.54. The number of rotatable bonds is 8. The van der Waals surface area contributed by atoms with Crippen molar-refractivity contribution in [3.05, 3.63) is 88.8 Å². The van der Waals surface area contributed by atoms with Gasteiger partial charge in [0.15, 0.2) is 0 Å². The zero-order chi connectivity index (χ0) is 27.5. The first-order chi connectivity index (χ1) is 19.6. The maximum atomic E-state index is 11.6. The Morgan fingerprint density at radius 1 is 1.18 bits per heavy atom. The summed E-state index contributed by atoms with van der Waals surface area (Å²) in [6.45, 7) is 10.4. The fraction of sp³-hybridized carbons (Fsp3) is 0.300. The lowest BCUT2D eigenvalue weighted by molar-refractivity contribution is -0.0587. The molecule has 6 rings (SSSR count). The molecule has 1 aromatic carbocycles. The number of ether oxygens (including phenoxy) is 2. The molecule has 0 saturated carbocycles. The van der Waals surface area contributed by atoms with Gasteiger partial charge in [0.1, 0.15) is 18.2 Å². The number of aromatic carboxylic acids is 1. The Balaban J connectivity index is 1.14. The Hall–Kier alpha value is -4.75. The first-order valence-corrected chi connectivity index (χ1v) is 13.3. The number of hydrogen-bond acceptors (Lipinski definition) is 7. The van der Waals surface area contributed by atoms with E-state index in [9.17, 15) is 9.90 Å². The second-order valence-electron chi connectivity index (χ2n) is 9.90. The predicted molar refractivity (Wildman–Crippen MR) is 150 cm³/mol. The van der Waals surface area contributed by atoms with E-state index in [1.54, 1.807) is 30.3 Å². The van der Waals surface area contributed by atoms with Crippen molar-refractivity contribution in [1.82, 2.24) is 19.5 Å². The highest BCUT2D eigenvalue weighted by atomic mass is 16.5. The lowest BCUT2D eigenvalue weighted by atomic mass is 10.0. The molecule has 2 saturated heterocycles. The van der Waals surface area contributed by atoms with Crippen LogP contribution < -0.4 is 9.64 Å². The van der Waals surface area contributed by atoms with Crippen LogP contribution in [0.1, 0.15) is 41.1 Å². The third-order valence-electron chi connectivity index (χ3n) is 7.28. The second kappa shape index (κ2) is 11.2. The fourth-order valence-corrected chi connectivity index (χ4v) is 4.94. The third kappa shape index (κ3) is 5.51. The second-order valence-corrected chi connectivity index (χ2v) is 9.90. The van der Waals surface area contributed by atoms with Gasteiger partial charge in [-0.25, -0.2) is 14.6 Å². The van der Waals surface area contributed by atoms with E-state index in [1.165, 1.54) is 11.8 Å². The van der Waals surface area contributed by atoms with Crippen LogP contribution in [0, 0.1) is 6.57 Å². The molecule has 2 aliphatic rings. The zero-order valence-corrected chi connectivity index (χ0v) is 21.9. The molecule has 10 heteroatoms. The maximum Gasteiger partial charge on any atom is 0.335 e. The van der Waals surface area contributed by atoms with Crippen LogP contribution in [-0.4, -0.2) is 56.4 Å². The molecule has 0 spiro atoms. The number of carboxylic acid groups (broad SMARTS) is 1. The Labute approximate surface area is 231 Å². The first kappa shape index (κ1) is 25.5. The molecule has 0 unspecified atom stereocenters. The molecule has 202 valence electrons. The summed E-state index contributed by atoms with van der Waals surface area (Å²) in [4.78, 5) is 31.0. The van der Waals surface area contributed by atoms with E-state index >= 15 is 0 Å². The molecule has 1 N–H and O–H groups in total. The van der Waals surface area contributed by atoms with Gasteiger partial charge in [0, 0.05) is 32.0 Å². The summed E-state index contributed by atoms with van der Waals surface area (Å²) in [5.74, 6) is 1.28. The van der Waals surface area contributed by atoms with Gasteiger partial charge in [-0.15, -0.1) is 0 Å². The molecule has 0 bridgehead atoms. The Morgan fingerprint density at radius 3 is 2.73 bits per heavy atom. The number of pyridine rings is 2. The molecule has 3 aromatic heterocycles. The number of hydrogen-bond donors (Lipinski definition) is 1. The van der Waals surface area contributed by atoms with Gasteiger partial charge in [-0.2, -0.15) is 4.98 Å². The molecule has 0 amide bonds. The van der Waals surface area contributed by atoms with E-state index in [2.05, 4.69) is 25.4 Å². The summed E-state index contributed by atoms with van der Waals surface area (Å²) in [6, 6.07) is 14.4. The summed E-state index contributed by atoms with van der Waals surface area (Å²) < 4.78 is 13.6. The lowest BCUT2D eigenvalue weighted by Crippen LogP contribution is -2.32. The topological polar surface area (TPSA) is 107 Å². The molecular formula is C30H28N6O4. The summed E-state index contributed by atoms with van der Waals surface area (Å²) in [5, 5.41) is 9.48. The SMILES string of the molecule is [C-]#[N+]c1ccc(COc2cccc(N3CCC(=Cc4nc5ccc(C(=O)O)cc5n4C[C@@H]4CCO4)CC3)n2)nc1. The van der Waals surface area contributed by atoms with Crippen LogP contribution in [-0.2, 0) is 17.9 Å². The third-order valence-corrected chi connectivity index (χ3v) is 7.28. The fourth-order valence-electron chi connectivity index (χ4n) is 4.94. The van der Waals surface area contributed by atoms with Crippen LogP contribution in [0.15, 0.2) is 60.3 Å². The molecule has 1 atom stereocenters. The van der Waals surface area contributed by atoms with Gasteiger partial charge < -0.3 is 24.0 Å². The van der Waals surface area contributed by atoms with Gasteiger partial charge in [-0.3, -0.25) is 4.98 Å². The van der Waals surface area contributed by atoms with Crippen molar-refractivity contribution < 1.29 is 19.4 Å². The van der Waals surface area contributed by atoms with Gasteiger partial charge in [-0.1, -0.05) is 17.7 Å². The Bertz CT molecular complexity index is 1610. The van der Waals surface area contributed by atoms with E-state index in [-0.39, 0.29) is 18.3 Å². The minimum absolute atomic E-state index is 0.124. The average molecular weight is 537 g/mol. The van der Waals surface area contributed by atoms with E-state index in [0.717, 1.165) is 67.3 Å². The van der Waals surface area contributed by atoms with Gasteiger partial charge >= 0.3 is 5.97 Å². The molecule has 2 fully saturated rings. The largest absolute Gasteiger partial charge is 0.478 e. The summed E-state index contributed by atoms with van der Waals surface area (Å²) >= 11 is 0. The number of fused-ring (bicyclic) bond motifs is 1. The van der Waals surface area contributed by atoms with Crippen molar-refractivity contribution in [2.24, 2.45) is 0 Å². The summed E-state index contributed by atoms with van der Waals surface area (Å²) in [7, 11) is 0. The van der Waals surface area contributed by atoms with Crippen molar-refractivity contribution in [3.63, 3.8) is 0 Å². The predicted octanol–water partition coefficient (Wildman–Crippen LogP) is 5.13. The molecule has 0 aliphatic carbocycles. The number of carbonyl (C=O) groups is 1. The van der Waals surface area contributed by atoms with Crippen molar-refractivity contribution in [2.45, 2.75) is 38.5 Å². The van der Waals surface area contributed by atoms with Crippen LogP contribution in [0.5, 0.6) is 5.88 Å². The smallest absolute Gasteiger partial charge is 0.335 e. The molecule has 5 heterocycles. The van der Waals surface area contributed by atoms with E-state index in [1.807, 2.05) is 18.2 Å². The van der Waals surface area contributed by atoms with Crippen LogP contribution in [0.4, 0.5) is 11.5 Å². The highest BCUT2D eigenvalue weighted by Gasteiger charge is 2.23. The minimum Gasteiger partial charge on any atom is -0.478 e. The van der Waals surface area contributed by atoms with Gasteiger partial charge in [0.2, 0.25) is 11.6 Å². The van der Waals surface area contributed by atoms with Gasteiger partial charge in [0.05, 0.1) is 41.5 Å². The number of benzene rings is 1. The van der Waals surface area contributed by atoms with Crippen LogP contribution in [0.25, 0.3) is 22.0 Å². The van der Waals surface area contributed by atoms with Crippen LogP contribution in [0.2, 0.25) is 0 Å². The molecule has 4 aromatic rings. The quantitative estimate of drug-likeness (QED) is 0.309. The van der Waals surface area contributed by atoms with Crippen LogP contribution >= 0.6 is 0 Å². The van der Waals surface area contributed by atoms with Gasteiger partial charge in [0.25, 0.3) is 0 Å². The Kier molecular flexibility index (Phi) is 7.12. The van der Waals surface area contributed by atoms with Crippen molar-refractivity contribution in [3.8, 4) is 5.88 Å². The average Bonchev–Trinajstić information content (AvgIpc) is 3.30. The molecule has 40 heavy (non-hydrogen) atoms. The number of carboxylic acids is 1. The number of aromatic nitrogens is 4. The van der Waals surface area contributed by atoms with Gasteiger partial charge in [-0.05, 0) is 55.7 Å². The number of nitrogens with zero attached hydrogens (tertiary/aromatic N) is 6. The molecular weight excluding hydrogens is 508 g/mol. The number of piperidine rings is 1. The minimum atomic E-state index is -0.947. The highest BCUT2D eigenvalue weighted by molar-refractivity contribution is 5.92. The maximum absolute atomic E-state index is 11.6. The first-order valence-electron chi connectivity index (χ1n) is 13.3.